The summed E-state index contributed by atoms with van der Waals surface area (Å²) in [5.41, 5.74) is 0. The molecule has 3 nitrogen and oxygen atoms in total. The Morgan fingerprint density at radius 2 is 0.870 bits per heavy atom. The third-order valence-electron chi connectivity index (χ3n) is 4.39. The molecule has 0 spiro atoms. The number of rotatable bonds is 19. The molecular weight excluding hydrogens is 304 g/mol. The fourth-order valence-electron chi connectivity index (χ4n) is 2.89. The van der Waals surface area contributed by atoms with Crippen molar-refractivity contribution < 1.29 is 13.3 Å². The minimum Gasteiger partial charge on any atom is -0.379 e. The van der Waals surface area contributed by atoms with Gasteiger partial charge in [0.05, 0.1) is 0 Å². The molecule has 0 aromatic rings. The lowest BCUT2D eigenvalue weighted by atomic mass is 10.0. The van der Waals surface area contributed by atoms with Gasteiger partial charge in [0.15, 0.2) is 0 Å². The van der Waals surface area contributed by atoms with Gasteiger partial charge in [0.2, 0.25) is 0 Å². The highest BCUT2D eigenvalue weighted by molar-refractivity contribution is 6.36. The third-order valence-corrected chi connectivity index (χ3v) is 5.66. The SMILES string of the molecule is CCCCCCCCCCCCCCCCCO[SiH](OC)OC. The van der Waals surface area contributed by atoms with Crippen LogP contribution < -0.4 is 0 Å². The van der Waals surface area contributed by atoms with Crippen LogP contribution in [-0.4, -0.2) is 30.4 Å². The van der Waals surface area contributed by atoms with E-state index in [1.807, 2.05) is 0 Å². The fourth-order valence-corrected chi connectivity index (χ4v) is 3.71. The molecule has 0 unspecified atom stereocenters. The van der Waals surface area contributed by atoms with Crippen LogP contribution in [0, 0.1) is 0 Å². The van der Waals surface area contributed by atoms with Crippen molar-refractivity contribution in [3.05, 3.63) is 0 Å². The van der Waals surface area contributed by atoms with Crippen LogP contribution in [0.5, 0.6) is 0 Å². The van der Waals surface area contributed by atoms with Crippen molar-refractivity contribution in [2.75, 3.05) is 20.8 Å². The molecule has 0 bridgehead atoms. The lowest BCUT2D eigenvalue weighted by Gasteiger charge is -2.11. The van der Waals surface area contributed by atoms with Crippen molar-refractivity contribution in [3.8, 4) is 0 Å². The number of unbranched alkanes of at least 4 members (excludes halogenated alkanes) is 14. The van der Waals surface area contributed by atoms with E-state index in [1.165, 1.54) is 89.9 Å². The van der Waals surface area contributed by atoms with E-state index < -0.39 is 9.53 Å². The Balaban J connectivity index is 3.02. The zero-order chi connectivity index (χ0) is 17.0. The predicted molar refractivity (Wildman–Crippen MR) is 102 cm³/mol. The Bertz CT molecular complexity index is 211. The highest BCUT2D eigenvalue weighted by Gasteiger charge is 2.09. The van der Waals surface area contributed by atoms with Gasteiger partial charge in [-0.2, -0.15) is 0 Å². The Hall–Kier alpha value is 0.0969. The molecule has 0 aliphatic rings. The molecule has 0 radical (unpaired) electrons. The van der Waals surface area contributed by atoms with E-state index in [0.29, 0.717) is 0 Å². The summed E-state index contributed by atoms with van der Waals surface area (Å²) in [5.74, 6) is 0. The maximum absolute atomic E-state index is 5.55. The van der Waals surface area contributed by atoms with Crippen molar-refractivity contribution in [1.82, 2.24) is 0 Å². The van der Waals surface area contributed by atoms with Gasteiger partial charge >= 0.3 is 9.53 Å². The van der Waals surface area contributed by atoms with Gasteiger partial charge in [0, 0.05) is 20.8 Å². The molecule has 0 fully saturated rings. The van der Waals surface area contributed by atoms with E-state index in [9.17, 15) is 0 Å². The Morgan fingerprint density at radius 1 is 0.522 bits per heavy atom. The summed E-state index contributed by atoms with van der Waals surface area (Å²) in [5, 5.41) is 0. The maximum atomic E-state index is 5.55. The average molecular weight is 347 g/mol. The van der Waals surface area contributed by atoms with Gasteiger partial charge in [-0.1, -0.05) is 96.8 Å². The highest BCUT2D eigenvalue weighted by Crippen LogP contribution is 2.13. The second-order valence-electron chi connectivity index (χ2n) is 6.58. The zero-order valence-corrected chi connectivity index (χ0v) is 17.3. The van der Waals surface area contributed by atoms with E-state index in [-0.39, 0.29) is 0 Å². The molecule has 0 rings (SSSR count). The summed E-state index contributed by atoms with van der Waals surface area (Å²) >= 11 is 0. The molecule has 0 heterocycles. The quantitative estimate of drug-likeness (QED) is 0.216. The summed E-state index contributed by atoms with van der Waals surface area (Å²) in [4.78, 5) is 0. The molecule has 0 amide bonds. The van der Waals surface area contributed by atoms with Crippen LogP contribution in [0.15, 0.2) is 0 Å². The second kappa shape index (κ2) is 20.1. The molecule has 0 saturated heterocycles. The lowest BCUT2D eigenvalue weighted by Crippen LogP contribution is -2.24. The number of hydrogen-bond acceptors (Lipinski definition) is 3. The van der Waals surface area contributed by atoms with Crippen LogP contribution >= 0.6 is 0 Å². The maximum Gasteiger partial charge on any atom is 0.483 e. The van der Waals surface area contributed by atoms with E-state index in [0.717, 1.165) is 13.0 Å². The van der Waals surface area contributed by atoms with E-state index in [4.69, 9.17) is 13.3 Å². The third kappa shape index (κ3) is 18.3. The van der Waals surface area contributed by atoms with Gasteiger partial charge in [0.1, 0.15) is 0 Å². The van der Waals surface area contributed by atoms with Crippen molar-refractivity contribution in [2.45, 2.75) is 103 Å². The summed E-state index contributed by atoms with van der Waals surface area (Å²) in [6.07, 6.45) is 20.9. The Kier molecular flexibility index (Phi) is 20.2. The predicted octanol–water partition coefficient (Wildman–Crippen LogP) is 5.88. The van der Waals surface area contributed by atoms with Gasteiger partial charge in [0.25, 0.3) is 0 Å². The van der Waals surface area contributed by atoms with Gasteiger partial charge < -0.3 is 13.3 Å². The van der Waals surface area contributed by atoms with Crippen LogP contribution in [0.4, 0.5) is 0 Å². The largest absolute Gasteiger partial charge is 0.483 e. The summed E-state index contributed by atoms with van der Waals surface area (Å²) in [6.45, 7) is 3.07. The van der Waals surface area contributed by atoms with Crippen molar-refractivity contribution in [3.63, 3.8) is 0 Å². The standard InChI is InChI=1S/C19H42O3Si/c1-4-5-6-7-8-9-10-11-12-13-14-15-16-17-18-19-22-23(20-2)21-3/h23H,4-19H2,1-3H3. The van der Waals surface area contributed by atoms with Crippen LogP contribution in [-0.2, 0) is 13.3 Å². The van der Waals surface area contributed by atoms with E-state index in [1.54, 1.807) is 14.2 Å². The first-order chi connectivity index (χ1) is 11.3. The molecular formula is C19H42O3Si. The van der Waals surface area contributed by atoms with E-state index in [2.05, 4.69) is 6.92 Å². The van der Waals surface area contributed by atoms with Crippen molar-refractivity contribution in [1.29, 1.82) is 0 Å². The van der Waals surface area contributed by atoms with Crippen LogP contribution in [0.2, 0.25) is 0 Å². The minimum atomic E-state index is -1.79. The molecule has 0 aliphatic heterocycles. The van der Waals surface area contributed by atoms with Crippen molar-refractivity contribution >= 4 is 9.53 Å². The molecule has 0 N–H and O–H groups in total. The van der Waals surface area contributed by atoms with Crippen LogP contribution in [0.3, 0.4) is 0 Å². The normalized spacial score (nSPS) is 11.5. The minimum absolute atomic E-state index is 0.789. The van der Waals surface area contributed by atoms with E-state index >= 15 is 0 Å². The topological polar surface area (TPSA) is 27.7 Å². The average Bonchev–Trinajstić information content (AvgIpc) is 2.58. The monoisotopic (exact) mass is 346 g/mol. The summed E-state index contributed by atoms with van der Waals surface area (Å²) < 4.78 is 15.8. The number of hydrogen-bond donors (Lipinski definition) is 0. The molecule has 0 aromatic heterocycles. The summed E-state index contributed by atoms with van der Waals surface area (Å²) in [6, 6.07) is 0. The molecule has 0 aliphatic carbocycles. The molecule has 0 saturated carbocycles. The second-order valence-corrected chi connectivity index (χ2v) is 8.43. The molecule has 0 aromatic carbocycles. The summed E-state index contributed by atoms with van der Waals surface area (Å²) in [7, 11) is 1.53. The van der Waals surface area contributed by atoms with Crippen LogP contribution in [0.1, 0.15) is 103 Å². The first-order valence-electron chi connectivity index (χ1n) is 10.0. The molecule has 0 atom stereocenters. The van der Waals surface area contributed by atoms with Crippen molar-refractivity contribution in [2.24, 2.45) is 0 Å². The van der Waals surface area contributed by atoms with Gasteiger partial charge in [-0.05, 0) is 6.42 Å². The first kappa shape index (κ1) is 23.1. The Labute approximate surface area is 147 Å². The lowest BCUT2D eigenvalue weighted by molar-refractivity contribution is 0.133. The Morgan fingerprint density at radius 3 is 1.22 bits per heavy atom. The molecule has 23 heavy (non-hydrogen) atoms. The zero-order valence-electron chi connectivity index (χ0n) is 16.1. The van der Waals surface area contributed by atoms with Gasteiger partial charge in [-0.25, -0.2) is 0 Å². The smallest absolute Gasteiger partial charge is 0.379 e. The van der Waals surface area contributed by atoms with Crippen LogP contribution in [0.25, 0.3) is 0 Å². The van der Waals surface area contributed by atoms with Gasteiger partial charge in [-0.3, -0.25) is 0 Å². The highest BCUT2D eigenvalue weighted by atomic mass is 28.3. The molecule has 140 valence electrons. The first-order valence-corrected chi connectivity index (χ1v) is 11.4. The van der Waals surface area contributed by atoms with Gasteiger partial charge in [-0.15, -0.1) is 0 Å². The molecule has 4 heteroatoms. The fraction of sp³-hybridized carbons (Fsp3) is 1.00.